The molecule has 2 fully saturated rings. The van der Waals surface area contributed by atoms with Crippen LogP contribution in [0.15, 0.2) is 30.3 Å². The summed E-state index contributed by atoms with van der Waals surface area (Å²) < 4.78 is 74.1. The van der Waals surface area contributed by atoms with Gasteiger partial charge in [0.05, 0.1) is 44.4 Å². The highest BCUT2D eigenvalue weighted by Gasteiger charge is 2.58. The van der Waals surface area contributed by atoms with Gasteiger partial charge in [0.2, 0.25) is 11.4 Å². The van der Waals surface area contributed by atoms with Crippen LogP contribution in [0.4, 0.5) is 13.2 Å². The number of alkyl halides is 3. The molecule has 0 radical (unpaired) electrons. The van der Waals surface area contributed by atoms with Crippen molar-refractivity contribution >= 4 is 16.9 Å². The average Bonchev–Trinajstić information content (AvgIpc) is 3.45. The Morgan fingerprint density at radius 1 is 1.11 bits per heavy atom. The van der Waals surface area contributed by atoms with Gasteiger partial charge in [0.15, 0.2) is 17.7 Å². The summed E-state index contributed by atoms with van der Waals surface area (Å²) in [6.45, 7) is 2.09. The second kappa shape index (κ2) is 14.4. The van der Waals surface area contributed by atoms with Crippen molar-refractivity contribution in [1.82, 2.24) is 14.7 Å². The van der Waals surface area contributed by atoms with Crippen LogP contribution in [0.2, 0.25) is 0 Å². The van der Waals surface area contributed by atoms with E-state index < -0.39 is 36.2 Å². The van der Waals surface area contributed by atoms with E-state index in [2.05, 4.69) is 5.10 Å². The third-order valence-electron chi connectivity index (χ3n) is 8.57. The fourth-order valence-corrected chi connectivity index (χ4v) is 6.15. The number of rotatable bonds is 11. The number of aliphatic hydroxyl groups is 1. The number of benzene rings is 2. The van der Waals surface area contributed by atoms with E-state index in [1.54, 1.807) is 24.0 Å². The number of carbonyl (C=O) groups excluding carboxylic acids is 1. The lowest BCUT2D eigenvalue weighted by atomic mass is 9.93. The summed E-state index contributed by atoms with van der Waals surface area (Å²) in [6, 6.07) is 9.66. The van der Waals surface area contributed by atoms with Gasteiger partial charge in [-0.3, -0.25) is 9.69 Å². The molecule has 11 nitrogen and oxygen atoms in total. The summed E-state index contributed by atoms with van der Waals surface area (Å²) in [7, 11) is 2.92. The molecule has 254 valence electrons. The summed E-state index contributed by atoms with van der Waals surface area (Å²) in [5, 5.41) is 25.4. The molecule has 1 aromatic heterocycles. The number of hydrogen-bond donors (Lipinski definition) is 1. The van der Waals surface area contributed by atoms with Crippen molar-refractivity contribution in [1.29, 1.82) is 5.26 Å². The van der Waals surface area contributed by atoms with Gasteiger partial charge in [0.25, 0.3) is 0 Å². The number of esters is 1. The van der Waals surface area contributed by atoms with Crippen LogP contribution >= 0.6 is 0 Å². The van der Waals surface area contributed by atoms with Crippen molar-refractivity contribution in [2.24, 2.45) is 0 Å². The Kier molecular flexibility index (Phi) is 10.5. The first kappa shape index (κ1) is 34.3. The van der Waals surface area contributed by atoms with Crippen LogP contribution in [-0.2, 0) is 26.3 Å². The van der Waals surface area contributed by atoms with Gasteiger partial charge in [-0.1, -0.05) is 0 Å². The van der Waals surface area contributed by atoms with E-state index in [0.717, 1.165) is 12.8 Å². The minimum absolute atomic E-state index is 0.0159. The molecule has 0 saturated carbocycles. The van der Waals surface area contributed by atoms with Crippen molar-refractivity contribution in [3.63, 3.8) is 0 Å². The molecule has 5 rings (SSSR count). The number of aromatic nitrogens is 2. The first-order valence-corrected chi connectivity index (χ1v) is 15.6. The van der Waals surface area contributed by atoms with Crippen molar-refractivity contribution in [2.75, 3.05) is 47.1 Å². The predicted molar refractivity (Wildman–Crippen MR) is 163 cm³/mol. The molecule has 2 aliphatic heterocycles. The summed E-state index contributed by atoms with van der Waals surface area (Å²) in [4.78, 5) is 13.6. The number of fused-ring (bicyclic) bond motifs is 1. The highest BCUT2D eigenvalue weighted by Crippen LogP contribution is 2.44. The first-order valence-electron chi connectivity index (χ1n) is 15.6. The molecule has 3 heterocycles. The van der Waals surface area contributed by atoms with Gasteiger partial charge < -0.3 is 28.8 Å². The Morgan fingerprint density at radius 2 is 1.81 bits per heavy atom. The third-order valence-corrected chi connectivity index (χ3v) is 8.57. The first-order chi connectivity index (χ1) is 22.5. The zero-order valence-electron chi connectivity index (χ0n) is 26.6. The SMILES string of the molecule is CCOC(=O)Cc1cc(OC)c(OC2CCN(CC(O)(c3nn(C4CCCCO4)c4cc(C#N)ccc34)C(F)(F)F)CC2)c(OC)c1. The molecule has 0 amide bonds. The van der Waals surface area contributed by atoms with E-state index in [0.29, 0.717) is 54.2 Å². The molecule has 14 heteroatoms. The lowest BCUT2D eigenvalue weighted by molar-refractivity contribution is -0.273. The summed E-state index contributed by atoms with van der Waals surface area (Å²) in [6.07, 6.45) is -3.10. The Balaban J connectivity index is 1.35. The Bertz CT molecular complexity index is 1580. The van der Waals surface area contributed by atoms with Crippen molar-refractivity contribution in [3.8, 4) is 23.3 Å². The maximum absolute atomic E-state index is 14.9. The van der Waals surface area contributed by atoms with E-state index in [4.69, 9.17) is 23.7 Å². The number of carbonyl (C=O) groups is 1. The molecule has 47 heavy (non-hydrogen) atoms. The standard InChI is InChI=1S/C33H39F3N4O7/c1-4-45-29(41)18-22-16-26(43-2)30(27(17-22)44-3)47-23-10-12-39(13-11-23)20-32(42,33(34,35)36)31-24-9-8-21(19-37)15-25(24)40(38-31)28-7-5-6-14-46-28/h8-9,15-17,23,28,42H,4-7,10-14,18,20H2,1-3H3. The van der Waals surface area contributed by atoms with Crippen LogP contribution in [0.25, 0.3) is 10.9 Å². The van der Waals surface area contributed by atoms with Crippen LogP contribution in [0.1, 0.15) is 62.1 Å². The molecular weight excluding hydrogens is 621 g/mol. The van der Waals surface area contributed by atoms with Crippen LogP contribution in [0, 0.1) is 11.3 Å². The topological polar surface area (TPSA) is 128 Å². The molecule has 0 bridgehead atoms. The molecular formula is C33H39F3N4O7. The van der Waals surface area contributed by atoms with Gasteiger partial charge in [-0.2, -0.15) is 23.5 Å². The smallest absolute Gasteiger partial charge is 0.424 e. The second-order valence-electron chi connectivity index (χ2n) is 11.7. The van der Waals surface area contributed by atoms with E-state index in [1.807, 2.05) is 6.07 Å². The molecule has 2 unspecified atom stereocenters. The number of halogens is 3. The number of β-amino-alcohol motifs (C(OH)–C–C–N with tert-alkyl or cyclic N) is 1. The number of methoxy groups -OCH3 is 2. The lowest BCUT2D eigenvalue weighted by Crippen LogP contribution is -2.53. The number of nitrogens with zero attached hydrogens (tertiary/aromatic N) is 4. The van der Waals surface area contributed by atoms with Gasteiger partial charge in [0.1, 0.15) is 11.8 Å². The fraction of sp³-hybridized carbons (Fsp3) is 0.545. The molecule has 2 aliphatic rings. The summed E-state index contributed by atoms with van der Waals surface area (Å²) in [5.74, 6) is 0.625. The molecule has 3 aromatic rings. The summed E-state index contributed by atoms with van der Waals surface area (Å²) in [5.41, 5.74) is -2.64. The van der Waals surface area contributed by atoms with Crippen molar-refractivity contribution < 1.29 is 46.8 Å². The van der Waals surface area contributed by atoms with Crippen molar-refractivity contribution in [3.05, 3.63) is 47.2 Å². The highest BCUT2D eigenvalue weighted by atomic mass is 19.4. The maximum atomic E-state index is 14.9. The quantitative estimate of drug-likeness (QED) is 0.280. The number of nitriles is 1. The van der Waals surface area contributed by atoms with E-state index in [9.17, 15) is 28.3 Å². The van der Waals surface area contributed by atoms with Crippen LogP contribution < -0.4 is 14.2 Å². The Hall–Kier alpha value is -4.06. The molecule has 2 aromatic carbocycles. The normalized spacial score (nSPS) is 19.1. The highest BCUT2D eigenvalue weighted by molar-refractivity contribution is 5.84. The average molecular weight is 661 g/mol. The number of hydrogen-bond acceptors (Lipinski definition) is 10. The van der Waals surface area contributed by atoms with Gasteiger partial charge in [-0.15, -0.1) is 0 Å². The minimum atomic E-state index is -5.06. The van der Waals surface area contributed by atoms with E-state index >= 15 is 0 Å². The molecule has 0 spiro atoms. The van der Waals surface area contributed by atoms with Gasteiger partial charge >= 0.3 is 12.1 Å². The molecule has 0 aliphatic carbocycles. The van der Waals surface area contributed by atoms with Crippen LogP contribution in [0.5, 0.6) is 17.2 Å². The fourth-order valence-electron chi connectivity index (χ4n) is 6.15. The molecule has 2 saturated heterocycles. The van der Waals surface area contributed by atoms with Gasteiger partial charge in [-0.05, 0) is 74.9 Å². The van der Waals surface area contributed by atoms with Crippen LogP contribution in [0.3, 0.4) is 0 Å². The zero-order chi connectivity index (χ0) is 33.8. The largest absolute Gasteiger partial charge is 0.493 e. The van der Waals surface area contributed by atoms with E-state index in [1.165, 1.54) is 37.1 Å². The van der Waals surface area contributed by atoms with Crippen molar-refractivity contribution in [2.45, 2.75) is 69.6 Å². The van der Waals surface area contributed by atoms with E-state index in [-0.39, 0.29) is 43.2 Å². The summed E-state index contributed by atoms with van der Waals surface area (Å²) >= 11 is 0. The van der Waals surface area contributed by atoms with Gasteiger partial charge in [0, 0.05) is 31.6 Å². The number of piperidine rings is 1. The maximum Gasteiger partial charge on any atom is 0.424 e. The third kappa shape index (κ3) is 7.27. The predicted octanol–water partition coefficient (Wildman–Crippen LogP) is 5.02. The lowest BCUT2D eigenvalue weighted by Gasteiger charge is -2.38. The second-order valence-corrected chi connectivity index (χ2v) is 11.7. The molecule has 1 N–H and O–H groups in total. The molecule has 2 atom stereocenters. The minimum Gasteiger partial charge on any atom is -0.493 e. The Labute approximate surface area is 270 Å². The zero-order valence-corrected chi connectivity index (χ0v) is 26.6. The Morgan fingerprint density at radius 3 is 2.38 bits per heavy atom. The monoisotopic (exact) mass is 660 g/mol. The number of ether oxygens (including phenoxy) is 5. The number of likely N-dealkylation sites (tertiary alicyclic amines) is 1. The van der Waals surface area contributed by atoms with Crippen LogP contribution in [-0.4, -0.2) is 85.1 Å². The van der Waals surface area contributed by atoms with Gasteiger partial charge in [-0.25, -0.2) is 4.68 Å².